The lowest BCUT2D eigenvalue weighted by atomic mass is 10.1. The first-order valence-electron chi connectivity index (χ1n) is 11.0. The molecule has 34 heavy (non-hydrogen) atoms. The van der Waals surface area contributed by atoms with E-state index in [1.54, 1.807) is 12.1 Å². The van der Waals surface area contributed by atoms with Gasteiger partial charge in [-0.05, 0) is 72.3 Å². The first kappa shape index (κ1) is 23.9. The summed E-state index contributed by atoms with van der Waals surface area (Å²) < 4.78 is 6.04. The van der Waals surface area contributed by atoms with E-state index < -0.39 is 5.91 Å². The Kier molecular flexibility index (Phi) is 7.28. The molecule has 178 valence electrons. The number of aromatic amines is 1. The number of azo groups is 1. The Morgan fingerprint density at radius 2 is 2.09 bits per heavy atom. The predicted octanol–water partition coefficient (Wildman–Crippen LogP) is 4.11. The number of aromatic nitrogens is 1. The fourth-order valence-electron chi connectivity index (χ4n) is 3.84. The summed E-state index contributed by atoms with van der Waals surface area (Å²) in [7, 11) is 3.96. The highest BCUT2D eigenvalue weighted by Gasteiger charge is 2.18. The molecule has 2 heterocycles. The summed E-state index contributed by atoms with van der Waals surface area (Å²) in [5, 5.41) is 21.6. The second-order valence-electron chi connectivity index (χ2n) is 8.43. The molecule has 4 rings (SSSR count). The minimum atomic E-state index is -0.433. The van der Waals surface area contributed by atoms with Gasteiger partial charge in [-0.15, -0.1) is 10.2 Å². The molecule has 0 aliphatic carbocycles. The lowest BCUT2D eigenvalue weighted by Crippen LogP contribution is -2.27. The number of rotatable bonds is 8. The molecular weight excluding hydrogens is 502 g/mol. The van der Waals surface area contributed by atoms with E-state index in [0.29, 0.717) is 34.1 Å². The van der Waals surface area contributed by atoms with Crippen LogP contribution in [0.15, 0.2) is 45.0 Å². The Labute approximate surface area is 205 Å². The van der Waals surface area contributed by atoms with Gasteiger partial charge in [-0.3, -0.25) is 9.59 Å². The number of carbonyl (C=O) groups excluding carboxylic acids is 2. The second-order valence-corrected chi connectivity index (χ2v) is 9.28. The highest BCUT2D eigenvalue weighted by molar-refractivity contribution is 9.10. The zero-order valence-electron chi connectivity index (χ0n) is 19.0. The maximum absolute atomic E-state index is 12.5. The van der Waals surface area contributed by atoms with Crippen LogP contribution in [0.4, 0.5) is 5.69 Å². The number of hydrogen-bond acceptors (Lipinski definition) is 6. The topological polar surface area (TPSA) is 119 Å². The number of H-pyrrole nitrogens is 1. The smallest absolute Gasteiger partial charge is 0.269 e. The number of aromatic hydroxyl groups is 1. The van der Waals surface area contributed by atoms with Crippen LogP contribution in [0.3, 0.4) is 0 Å². The number of ether oxygens (including phenoxy) is 1. The van der Waals surface area contributed by atoms with Crippen molar-refractivity contribution in [2.24, 2.45) is 10.2 Å². The van der Waals surface area contributed by atoms with Gasteiger partial charge in [0.05, 0.1) is 18.5 Å². The minimum absolute atomic E-state index is 0.0964. The zero-order valence-corrected chi connectivity index (χ0v) is 20.6. The van der Waals surface area contributed by atoms with E-state index in [2.05, 4.69) is 41.4 Å². The Morgan fingerprint density at radius 3 is 2.88 bits per heavy atom. The molecule has 0 atom stereocenters. The van der Waals surface area contributed by atoms with Crippen LogP contribution in [0, 0.1) is 0 Å². The molecule has 3 N–H and O–H groups in total. The van der Waals surface area contributed by atoms with Crippen LogP contribution in [0.25, 0.3) is 10.9 Å². The summed E-state index contributed by atoms with van der Waals surface area (Å²) in [5.74, 6) is -0.0236. The van der Waals surface area contributed by atoms with Gasteiger partial charge in [-0.1, -0.05) is 12.1 Å². The summed E-state index contributed by atoms with van der Waals surface area (Å²) in [6.07, 6.45) is 1.76. The van der Waals surface area contributed by atoms with Crippen LogP contribution in [0.1, 0.15) is 27.9 Å². The van der Waals surface area contributed by atoms with Crippen molar-refractivity contribution in [3.8, 4) is 11.6 Å². The third-order valence-corrected chi connectivity index (χ3v) is 6.13. The molecule has 2 aromatic carbocycles. The zero-order chi connectivity index (χ0) is 24.2. The van der Waals surface area contributed by atoms with Crippen molar-refractivity contribution in [3.05, 3.63) is 51.5 Å². The molecule has 0 fully saturated rings. The lowest BCUT2D eigenvalue weighted by molar-refractivity contribution is -0.117. The number of nitrogens with zero attached hydrogens (tertiary/aromatic N) is 3. The highest BCUT2D eigenvalue weighted by Crippen LogP contribution is 2.40. The van der Waals surface area contributed by atoms with Crippen LogP contribution in [0.2, 0.25) is 0 Å². The number of amides is 2. The van der Waals surface area contributed by atoms with Crippen LogP contribution in [0.5, 0.6) is 11.6 Å². The number of halogens is 1. The third kappa shape index (κ3) is 5.45. The number of carbonyl (C=O) groups is 2. The van der Waals surface area contributed by atoms with Crippen molar-refractivity contribution in [2.45, 2.75) is 19.3 Å². The highest BCUT2D eigenvalue weighted by atomic mass is 79.9. The van der Waals surface area contributed by atoms with Crippen molar-refractivity contribution in [2.75, 3.05) is 33.8 Å². The van der Waals surface area contributed by atoms with Gasteiger partial charge in [-0.25, -0.2) is 0 Å². The van der Waals surface area contributed by atoms with Crippen molar-refractivity contribution in [1.29, 1.82) is 0 Å². The van der Waals surface area contributed by atoms with Gasteiger partial charge >= 0.3 is 0 Å². The maximum Gasteiger partial charge on any atom is 0.269 e. The minimum Gasteiger partial charge on any atom is -0.493 e. The van der Waals surface area contributed by atoms with Gasteiger partial charge in [0, 0.05) is 28.4 Å². The van der Waals surface area contributed by atoms with E-state index in [1.807, 2.05) is 32.3 Å². The molecular formula is C24H26BrN5O4. The van der Waals surface area contributed by atoms with Gasteiger partial charge in [0.15, 0.2) is 5.69 Å². The molecule has 9 nitrogen and oxygen atoms in total. The number of benzene rings is 2. The fraction of sp³-hybridized carbons (Fsp3) is 0.333. The van der Waals surface area contributed by atoms with Gasteiger partial charge in [-0.2, -0.15) is 0 Å². The summed E-state index contributed by atoms with van der Waals surface area (Å²) in [4.78, 5) is 29.8. The van der Waals surface area contributed by atoms with Crippen molar-refractivity contribution < 1.29 is 19.4 Å². The van der Waals surface area contributed by atoms with Gasteiger partial charge in [0.25, 0.3) is 11.8 Å². The number of hydrogen-bond donors (Lipinski definition) is 3. The molecule has 3 aromatic rings. The first-order chi connectivity index (χ1) is 16.3. The first-order valence-corrected chi connectivity index (χ1v) is 11.8. The van der Waals surface area contributed by atoms with E-state index >= 15 is 0 Å². The summed E-state index contributed by atoms with van der Waals surface area (Å²) in [6.45, 7) is 2.09. The van der Waals surface area contributed by atoms with Crippen LogP contribution in [-0.4, -0.2) is 60.6 Å². The molecule has 1 aliphatic heterocycles. The van der Waals surface area contributed by atoms with E-state index in [0.717, 1.165) is 36.3 Å². The Balaban J connectivity index is 1.47. The fourth-order valence-corrected chi connectivity index (χ4v) is 4.49. The lowest BCUT2D eigenvalue weighted by Gasteiger charge is -2.10. The van der Waals surface area contributed by atoms with E-state index in [-0.39, 0.29) is 23.9 Å². The monoisotopic (exact) mass is 527 g/mol. The third-order valence-electron chi connectivity index (χ3n) is 5.51. The molecule has 0 unspecified atom stereocenters. The average molecular weight is 528 g/mol. The van der Waals surface area contributed by atoms with Crippen LogP contribution < -0.4 is 10.1 Å². The Morgan fingerprint density at radius 1 is 1.26 bits per heavy atom. The van der Waals surface area contributed by atoms with Gasteiger partial charge < -0.3 is 25.0 Å². The molecule has 0 bridgehead atoms. The Bertz CT molecular complexity index is 1270. The second kappa shape index (κ2) is 10.4. The normalized spacial score (nSPS) is 12.9. The van der Waals surface area contributed by atoms with Crippen molar-refractivity contribution in [1.82, 2.24) is 15.2 Å². The Hall–Kier alpha value is -3.24. The van der Waals surface area contributed by atoms with E-state index in [4.69, 9.17) is 4.74 Å². The van der Waals surface area contributed by atoms with Crippen molar-refractivity contribution in [3.63, 3.8) is 0 Å². The SMILES string of the molecule is CN(C)CCCNC(=O)c1cc(Br)c2c(N=NC(=O)Cc3ccc4c(c3)CCO4)c(O)[nH]c2c1. The number of fused-ring (bicyclic) bond motifs is 2. The summed E-state index contributed by atoms with van der Waals surface area (Å²) in [6, 6.07) is 8.94. The molecule has 10 heteroatoms. The molecule has 0 spiro atoms. The molecule has 2 amide bonds. The molecule has 0 radical (unpaired) electrons. The predicted molar refractivity (Wildman–Crippen MR) is 132 cm³/mol. The molecule has 1 aromatic heterocycles. The molecule has 0 saturated heterocycles. The average Bonchev–Trinajstić information content (AvgIpc) is 3.38. The number of nitrogens with one attached hydrogen (secondary N) is 2. The largest absolute Gasteiger partial charge is 0.493 e. The summed E-state index contributed by atoms with van der Waals surface area (Å²) >= 11 is 3.45. The van der Waals surface area contributed by atoms with Crippen LogP contribution in [-0.2, 0) is 17.6 Å². The quantitative estimate of drug-likeness (QED) is 0.301. The van der Waals surface area contributed by atoms with Gasteiger partial charge in [0.2, 0.25) is 5.88 Å². The van der Waals surface area contributed by atoms with Crippen molar-refractivity contribution >= 4 is 44.3 Å². The van der Waals surface area contributed by atoms with Crippen LogP contribution >= 0.6 is 15.9 Å². The standard InChI is InChI=1S/C24H26BrN5O4/c1-30(2)8-3-7-26-23(32)16-12-17(25)21-18(13-16)27-24(33)22(21)29-28-20(31)11-14-4-5-19-15(10-14)6-9-34-19/h4-5,10,12-13,27,33H,3,6-9,11H2,1-2H3,(H,26,32). The molecule has 0 saturated carbocycles. The van der Waals surface area contributed by atoms with E-state index in [1.165, 1.54) is 0 Å². The molecule has 1 aliphatic rings. The van der Waals surface area contributed by atoms with Gasteiger partial charge in [0.1, 0.15) is 5.75 Å². The maximum atomic E-state index is 12.5. The van der Waals surface area contributed by atoms with E-state index in [9.17, 15) is 14.7 Å². The summed E-state index contributed by atoms with van der Waals surface area (Å²) in [5.41, 5.74) is 2.99.